The summed E-state index contributed by atoms with van der Waals surface area (Å²) in [5.41, 5.74) is 1.29. The first-order valence-electron chi connectivity index (χ1n) is 5.55. The van der Waals surface area contributed by atoms with Crippen LogP contribution < -0.4 is 5.32 Å². The average Bonchev–Trinajstić information content (AvgIpc) is 2.77. The van der Waals surface area contributed by atoms with Crippen molar-refractivity contribution in [1.29, 1.82) is 0 Å². The third-order valence-corrected chi connectivity index (χ3v) is 3.00. The van der Waals surface area contributed by atoms with E-state index in [1.54, 1.807) is 6.33 Å². The zero-order valence-corrected chi connectivity index (χ0v) is 9.17. The summed E-state index contributed by atoms with van der Waals surface area (Å²) in [6, 6.07) is 11.2. The number of anilines is 1. The largest absolute Gasteiger partial charge is 0.352 e. The summed E-state index contributed by atoms with van der Waals surface area (Å²) in [5, 5.41) is 7.62. The van der Waals surface area contributed by atoms with Crippen molar-refractivity contribution < 1.29 is 0 Å². The zero-order valence-electron chi connectivity index (χ0n) is 9.17. The van der Waals surface area contributed by atoms with E-state index < -0.39 is 0 Å². The van der Waals surface area contributed by atoms with E-state index in [0.717, 1.165) is 12.4 Å². The molecule has 1 aliphatic heterocycles. The summed E-state index contributed by atoms with van der Waals surface area (Å²) in [7, 11) is 0. The molecule has 0 fully saturated rings. The molecule has 0 unspecified atom stereocenters. The van der Waals surface area contributed by atoms with E-state index in [9.17, 15) is 0 Å². The van der Waals surface area contributed by atoms with E-state index in [1.165, 1.54) is 5.56 Å². The van der Waals surface area contributed by atoms with E-state index >= 15 is 0 Å². The smallest absolute Gasteiger partial charge is 0.221 e. The van der Waals surface area contributed by atoms with Crippen molar-refractivity contribution in [2.75, 3.05) is 5.32 Å². The fourth-order valence-corrected chi connectivity index (χ4v) is 2.25. The van der Waals surface area contributed by atoms with E-state index in [4.69, 9.17) is 0 Å². The van der Waals surface area contributed by atoms with Gasteiger partial charge in [0.05, 0.1) is 6.04 Å². The van der Waals surface area contributed by atoms with E-state index in [-0.39, 0.29) is 0 Å². The third kappa shape index (κ3) is 1.46. The molecule has 2 atom stereocenters. The average molecular weight is 214 g/mol. The molecule has 16 heavy (non-hydrogen) atoms. The Balaban J connectivity index is 2.04. The summed E-state index contributed by atoms with van der Waals surface area (Å²) in [6.07, 6.45) is 2.65. The highest BCUT2D eigenvalue weighted by Crippen LogP contribution is 2.29. The normalized spacial score (nSPS) is 23.6. The molecule has 0 saturated carbocycles. The number of nitrogens with one attached hydrogen (secondary N) is 1. The Bertz CT molecular complexity index is 477. The number of aromatic nitrogens is 3. The Morgan fingerprint density at radius 1 is 1.31 bits per heavy atom. The number of nitrogens with zero attached hydrogens (tertiary/aromatic N) is 3. The predicted octanol–water partition coefficient (Wildman–Crippen LogP) is 2.07. The monoisotopic (exact) mass is 214 g/mol. The Hall–Kier alpha value is -1.84. The van der Waals surface area contributed by atoms with Gasteiger partial charge in [0.1, 0.15) is 6.33 Å². The van der Waals surface area contributed by atoms with Crippen molar-refractivity contribution in [2.24, 2.45) is 0 Å². The molecule has 0 spiro atoms. The van der Waals surface area contributed by atoms with Gasteiger partial charge in [-0.1, -0.05) is 30.3 Å². The second-order valence-electron chi connectivity index (χ2n) is 4.24. The van der Waals surface area contributed by atoms with Gasteiger partial charge < -0.3 is 5.32 Å². The minimum absolute atomic E-state index is 0.301. The van der Waals surface area contributed by atoms with Gasteiger partial charge in [0, 0.05) is 6.04 Å². The molecule has 4 nitrogen and oxygen atoms in total. The van der Waals surface area contributed by atoms with Crippen LogP contribution in [-0.4, -0.2) is 20.8 Å². The Labute approximate surface area is 94.3 Å². The van der Waals surface area contributed by atoms with E-state index in [1.807, 2.05) is 10.7 Å². The molecule has 3 rings (SSSR count). The van der Waals surface area contributed by atoms with Crippen molar-refractivity contribution in [3.8, 4) is 0 Å². The number of hydrogen-bond donors (Lipinski definition) is 1. The topological polar surface area (TPSA) is 42.7 Å². The lowest BCUT2D eigenvalue weighted by molar-refractivity contribution is 0.437. The van der Waals surface area contributed by atoms with Gasteiger partial charge in [-0.25, -0.2) is 4.68 Å². The number of fused-ring (bicyclic) bond motifs is 1. The molecule has 2 heterocycles. The first-order valence-corrected chi connectivity index (χ1v) is 5.55. The van der Waals surface area contributed by atoms with E-state index in [2.05, 4.69) is 46.6 Å². The number of rotatable bonds is 1. The van der Waals surface area contributed by atoms with Crippen LogP contribution in [0.4, 0.5) is 5.95 Å². The number of benzene rings is 1. The van der Waals surface area contributed by atoms with Crippen molar-refractivity contribution in [1.82, 2.24) is 14.8 Å². The maximum Gasteiger partial charge on any atom is 0.221 e. The zero-order chi connectivity index (χ0) is 11.0. The summed E-state index contributed by atoms with van der Waals surface area (Å²) in [4.78, 5) is 4.22. The summed E-state index contributed by atoms with van der Waals surface area (Å²) in [6.45, 7) is 2.17. The highest BCUT2D eigenvalue weighted by Gasteiger charge is 2.26. The lowest BCUT2D eigenvalue weighted by Gasteiger charge is -2.29. The van der Waals surface area contributed by atoms with Gasteiger partial charge in [-0.15, -0.1) is 0 Å². The number of hydrogen-bond acceptors (Lipinski definition) is 3. The molecule has 2 aromatic rings. The molecule has 1 aromatic carbocycles. The van der Waals surface area contributed by atoms with Crippen LogP contribution in [0, 0.1) is 0 Å². The van der Waals surface area contributed by atoms with Crippen LogP contribution in [-0.2, 0) is 0 Å². The second-order valence-corrected chi connectivity index (χ2v) is 4.24. The van der Waals surface area contributed by atoms with Crippen molar-refractivity contribution in [3.05, 3.63) is 42.2 Å². The molecule has 0 radical (unpaired) electrons. The van der Waals surface area contributed by atoms with Crippen LogP contribution >= 0.6 is 0 Å². The van der Waals surface area contributed by atoms with E-state index in [0.29, 0.717) is 12.1 Å². The molecule has 0 saturated heterocycles. The second kappa shape index (κ2) is 3.63. The molecule has 0 bridgehead atoms. The SMILES string of the molecule is C[C@H]1C[C@@H](c2ccccc2)n2ncnc2N1. The molecule has 1 aromatic heterocycles. The molecule has 4 heteroatoms. The highest BCUT2D eigenvalue weighted by atomic mass is 15.4. The molecular weight excluding hydrogens is 200 g/mol. The molecule has 0 amide bonds. The van der Waals surface area contributed by atoms with Gasteiger partial charge >= 0.3 is 0 Å². The lowest BCUT2D eigenvalue weighted by Crippen LogP contribution is -2.31. The van der Waals surface area contributed by atoms with Crippen LogP contribution in [0.15, 0.2) is 36.7 Å². The van der Waals surface area contributed by atoms with Gasteiger partial charge in [0.15, 0.2) is 0 Å². The predicted molar refractivity (Wildman–Crippen MR) is 62.3 cm³/mol. The van der Waals surface area contributed by atoms with Crippen LogP contribution in [0.5, 0.6) is 0 Å². The maximum absolute atomic E-state index is 4.29. The maximum atomic E-state index is 4.29. The van der Waals surface area contributed by atoms with Gasteiger partial charge in [-0.05, 0) is 18.9 Å². The van der Waals surface area contributed by atoms with Crippen LogP contribution in [0.25, 0.3) is 0 Å². The minimum atomic E-state index is 0.301. The van der Waals surface area contributed by atoms with Gasteiger partial charge in [-0.3, -0.25) is 0 Å². The fourth-order valence-electron chi connectivity index (χ4n) is 2.25. The molecule has 1 aliphatic rings. The first kappa shape index (κ1) is 9.39. The fraction of sp³-hybridized carbons (Fsp3) is 0.333. The van der Waals surface area contributed by atoms with Crippen LogP contribution in [0.2, 0.25) is 0 Å². The quantitative estimate of drug-likeness (QED) is 0.790. The third-order valence-electron chi connectivity index (χ3n) is 3.00. The van der Waals surface area contributed by atoms with Crippen molar-refractivity contribution in [3.63, 3.8) is 0 Å². The Kier molecular flexibility index (Phi) is 2.13. The van der Waals surface area contributed by atoms with Crippen molar-refractivity contribution >= 4 is 5.95 Å². The first-order chi connectivity index (χ1) is 7.84. The van der Waals surface area contributed by atoms with Gasteiger partial charge in [0.25, 0.3) is 0 Å². The summed E-state index contributed by atoms with van der Waals surface area (Å²) in [5.74, 6) is 0.868. The Morgan fingerprint density at radius 2 is 2.12 bits per heavy atom. The minimum Gasteiger partial charge on any atom is -0.352 e. The molecule has 0 aliphatic carbocycles. The van der Waals surface area contributed by atoms with Crippen LogP contribution in [0.1, 0.15) is 24.9 Å². The van der Waals surface area contributed by atoms with Crippen molar-refractivity contribution in [2.45, 2.75) is 25.4 Å². The van der Waals surface area contributed by atoms with Gasteiger partial charge in [0.2, 0.25) is 5.95 Å². The summed E-state index contributed by atoms with van der Waals surface area (Å²) < 4.78 is 1.97. The Morgan fingerprint density at radius 3 is 2.94 bits per heavy atom. The molecule has 82 valence electrons. The highest BCUT2D eigenvalue weighted by molar-refractivity contribution is 5.33. The lowest BCUT2D eigenvalue weighted by atomic mass is 9.99. The molecule has 1 N–H and O–H groups in total. The van der Waals surface area contributed by atoms with Gasteiger partial charge in [-0.2, -0.15) is 10.1 Å². The standard InChI is InChI=1S/C12H14N4/c1-9-7-11(10-5-3-2-4-6-10)16-12(15-9)13-8-14-16/h2-6,8-9,11H,7H2,1H3,(H,13,14,15)/t9-,11-/m0/s1. The molecular formula is C12H14N4. The van der Waals surface area contributed by atoms with Crippen LogP contribution in [0.3, 0.4) is 0 Å². The summed E-state index contributed by atoms with van der Waals surface area (Å²) >= 11 is 0.